The highest BCUT2D eigenvalue weighted by Crippen LogP contribution is 2.29. The van der Waals surface area contributed by atoms with Gasteiger partial charge >= 0.3 is 0 Å². The lowest BCUT2D eigenvalue weighted by atomic mass is 10.1. The van der Waals surface area contributed by atoms with Crippen molar-refractivity contribution in [3.05, 3.63) is 40.3 Å². The Kier molecular flexibility index (Phi) is 5.16. The van der Waals surface area contributed by atoms with Gasteiger partial charge in [-0.25, -0.2) is 4.98 Å². The summed E-state index contributed by atoms with van der Waals surface area (Å²) in [6.45, 7) is 6.19. The number of aromatic nitrogens is 1. The molecule has 1 N–H and O–H groups in total. The topological polar surface area (TPSA) is 38.1 Å². The van der Waals surface area contributed by atoms with E-state index in [0.717, 1.165) is 47.6 Å². The Balaban J connectivity index is 2.06. The second-order valence-corrected chi connectivity index (χ2v) is 5.41. The molecule has 0 aliphatic carbocycles. The van der Waals surface area contributed by atoms with Gasteiger partial charge in [-0.3, -0.25) is 0 Å². The zero-order chi connectivity index (χ0) is 13.7. The first-order chi connectivity index (χ1) is 9.20. The van der Waals surface area contributed by atoms with E-state index in [1.807, 2.05) is 12.3 Å². The summed E-state index contributed by atoms with van der Waals surface area (Å²) in [4.78, 5) is 4.35. The fraction of sp³-hybridized carbons (Fsp3) is 0.400. The van der Waals surface area contributed by atoms with Gasteiger partial charge in [-0.05, 0) is 38.6 Å². The van der Waals surface area contributed by atoms with Gasteiger partial charge in [0.1, 0.15) is 0 Å². The fourth-order valence-corrected chi connectivity index (χ4v) is 2.36. The van der Waals surface area contributed by atoms with Gasteiger partial charge in [-0.1, -0.05) is 34.5 Å². The molecule has 1 aromatic carbocycles. The van der Waals surface area contributed by atoms with Crippen LogP contribution in [0.15, 0.2) is 33.3 Å². The standard InChI is InChI=1S/C15H19BrN2O/c1-3-17-8-4-5-15-18-10-14(19-15)12-9-11(2)6-7-13(12)16/h6-7,9-10,17H,3-5,8H2,1-2H3. The highest BCUT2D eigenvalue weighted by Gasteiger charge is 2.09. The molecule has 0 saturated heterocycles. The minimum absolute atomic E-state index is 0.807. The molecule has 3 nitrogen and oxygen atoms in total. The van der Waals surface area contributed by atoms with Crippen molar-refractivity contribution in [1.29, 1.82) is 0 Å². The minimum atomic E-state index is 0.807. The van der Waals surface area contributed by atoms with E-state index in [1.54, 1.807) is 0 Å². The molecule has 0 spiro atoms. The largest absolute Gasteiger partial charge is 0.441 e. The van der Waals surface area contributed by atoms with Crippen molar-refractivity contribution in [1.82, 2.24) is 10.3 Å². The summed E-state index contributed by atoms with van der Waals surface area (Å²) in [6, 6.07) is 6.21. The molecule has 102 valence electrons. The van der Waals surface area contributed by atoms with Crippen LogP contribution in [-0.4, -0.2) is 18.1 Å². The van der Waals surface area contributed by atoms with Crippen LogP contribution in [0.3, 0.4) is 0 Å². The number of oxazole rings is 1. The van der Waals surface area contributed by atoms with E-state index in [9.17, 15) is 0 Å². The fourth-order valence-electron chi connectivity index (χ4n) is 1.92. The molecule has 2 aromatic rings. The Morgan fingerprint density at radius 3 is 3.00 bits per heavy atom. The van der Waals surface area contributed by atoms with Crippen LogP contribution < -0.4 is 5.32 Å². The number of nitrogens with one attached hydrogen (secondary N) is 1. The van der Waals surface area contributed by atoms with Crippen LogP contribution in [0.1, 0.15) is 24.8 Å². The smallest absolute Gasteiger partial charge is 0.194 e. The lowest BCUT2D eigenvalue weighted by Crippen LogP contribution is -2.14. The Labute approximate surface area is 122 Å². The Hall–Kier alpha value is -1.13. The third-order valence-corrected chi connectivity index (χ3v) is 3.63. The molecule has 0 amide bonds. The van der Waals surface area contributed by atoms with E-state index in [-0.39, 0.29) is 0 Å². The molecule has 0 unspecified atom stereocenters. The van der Waals surface area contributed by atoms with Crippen molar-refractivity contribution in [3.8, 4) is 11.3 Å². The van der Waals surface area contributed by atoms with E-state index in [4.69, 9.17) is 4.42 Å². The summed E-state index contributed by atoms with van der Waals surface area (Å²) in [5.41, 5.74) is 2.27. The lowest BCUT2D eigenvalue weighted by molar-refractivity contribution is 0.493. The number of nitrogens with zero attached hydrogens (tertiary/aromatic N) is 1. The predicted molar refractivity (Wildman–Crippen MR) is 81.2 cm³/mol. The predicted octanol–water partition coefficient (Wildman–Crippen LogP) is 3.95. The van der Waals surface area contributed by atoms with Crippen LogP contribution in [0, 0.1) is 6.92 Å². The van der Waals surface area contributed by atoms with Crippen molar-refractivity contribution in [2.45, 2.75) is 26.7 Å². The monoisotopic (exact) mass is 322 g/mol. The molecule has 2 rings (SSSR count). The summed E-state index contributed by atoms with van der Waals surface area (Å²) in [7, 11) is 0. The molecule has 0 atom stereocenters. The molecule has 0 saturated carbocycles. The van der Waals surface area contributed by atoms with Gasteiger partial charge in [0.15, 0.2) is 11.7 Å². The molecule has 0 radical (unpaired) electrons. The second-order valence-electron chi connectivity index (χ2n) is 4.56. The molecule has 0 aliphatic heterocycles. The maximum atomic E-state index is 5.82. The third-order valence-electron chi connectivity index (χ3n) is 2.94. The summed E-state index contributed by atoms with van der Waals surface area (Å²) < 4.78 is 6.85. The Bertz CT molecular complexity index is 537. The second kappa shape index (κ2) is 6.87. The average molecular weight is 323 g/mol. The van der Waals surface area contributed by atoms with Crippen molar-refractivity contribution in [2.75, 3.05) is 13.1 Å². The highest BCUT2D eigenvalue weighted by atomic mass is 79.9. The van der Waals surface area contributed by atoms with Crippen LogP contribution in [-0.2, 0) is 6.42 Å². The summed E-state index contributed by atoms with van der Waals surface area (Å²) in [6.07, 6.45) is 3.72. The van der Waals surface area contributed by atoms with Gasteiger partial charge in [0.25, 0.3) is 0 Å². The maximum Gasteiger partial charge on any atom is 0.194 e. The summed E-state index contributed by atoms with van der Waals surface area (Å²) >= 11 is 3.55. The number of rotatable bonds is 6. The summed E-state index contributed by atoms with van der Waals surface area (Å²) in [5.74, 6) is 1.63. The van der Waals surface area contributed by atoms with Gasteiger partial charge in [0, 0.05) is 16.5 Å². The minimum Gasteiger partial charge on any atom is -0.441 e. The SMILES string of the molecule is CCNCCCc1ncc(-c2cc(C)ccc2Br)o1. The third kappa shape index (κ3) is 3.91. The first-order valence-corrected chi connectivity index (χ1v) is 7.42. The first kappa shape index (κ1) is 14.3. The van der Waals surface area contributed by atoms with Crippen LogP contribution in [0.4, 0.5) is 0 Å². The number of hydrogen-bond acceptors (Lipinski definition) is 3. The zero-order valence-corrected chi connectivity index (χ0v) is 13.0. The summed E-state index contributed by atoms with van der Waals surface area (Å²) in [5, 5.41) is 3.30. The van der Waals surface area contributed by atoms with Crippen molar-refractivity contribution in [3.63, 3.8) is 0 Å². The lowest BCUT2D eigenvalue weighted by Gasteiger charge is -2.02. The van der Waals surface area contributed by atoms with Gasteiger partial charge in [-0.2, -0.15) is 0 Å². The van der Waals surface area contributed by atoms with E-state index < -0.39 is 0 Å². The van der Waals surface area contributed by atoms with Gasteiger partial charge in [0.2, 0.25) is 0 Å². The first-order valence-electron chi connectivity index (χ1n) is 6.62. The quantitative estimate of drug-likeness (QED) is 0.818. The normalized spacial score (nSPS) is 10.9. The maximum absolute atomic E-state index is 5.82. The average Bonchev–Trinajstić information content (AvgIpc) is 2.86. The van der Waals surface area contributed by atoms with Crippen molar-refractivity contribution >= 4 is 15.9 Å². The molecule has 0 bridgehead atoms. The molecular weight excluding hydrogens is 304 g/mol. The Morgan fingerprint density at radius 2 is 2.21 bits per heavy atom. The molecule has 0 fully saturated rings. The van der Waals surface area contributed by atoms with E-state index >= 15 is 0 Å². The number of aryl methyl sites for hydroxylation is 2. The van der Waals surface area contributed by atoms with Gasteiger partial charge in [-0.15, -0.1) is 0 Å². The van der Waals surface area contributed by atoms with Crippen LogP contribution in [0.2, 0.25) is 0 Å². The molecule has 19 heavy (non-hydrogen) atoms. The molecule has 0 aliphatic rings. The van der Waals surface area contributed by atoms with Crippen molar-refractivity contribution < 1.29 is 4.42 Å². The van der Waals surface area contributed by atoms with E-state index in [2.05, 4.69) is 52.2 Å². The number of hydrogen-bond donors (Lipinski definition) is 1. The number of halogens is 1. The van der Waals surface area contributed by atoms with Crippen molar-refractivity contribution in [2.24, 2.45) is 0 Å². The Morgan fingerprint density at radius 1 is 1.37 bits per heavy atom. The van der Waals surface area contributed by atoms with Gasteiger partial charge < -0.3 is 9.73 Å². The van der Waals surface area contributed by atoms with Crippen LogP contribution in [0.25, 0.3) is 11.3 Å². The van der Waals surface area contributed by atoms with E-state index in [1.165, 1.54) is 5.56 Å². The van der Waals surface area contributed by atoms with Crippen LogP contribution in [0.5, 0.6) is 0 Å². The van der Waals surface area contributed by atoms with Gasteiger partial charge in [0.05, 0.1) is 6.20 Å². The highest BCUT2D eigenvalue weighted by molar-refractivity contribution is 9.10. The molecule has 1 aromatic heterocycles. The number of benzene rings is 1. The van der Waals surface area contributed by atoms with Crippen LogP contribution >= 0.6 is 15.9 Å². The zero-order valence-electron chi connectivity index (χ0n) is 11.4. The molecule has 1 heterocycles. The molecular formula is C15H19BrN2O. The molecule has 4 heteroatoms. The van der Waals surface area contributed by atoms with E-state index in [0.29, 0.717) is 0 Å².